The summed E-state index contributed by atoms with van der Waals surface area (Å²) in [5, 5.41) is 10.4. The number of rotatable bonds is 7. The second-order valence-electron chi connectivity index (χ2n) is 5.29. The van der Waals surface area contributed by atoms with Crippen LogP contribution in [0.15, 0.2) is 52.2 Å². The van der Waals surface area contributed by atoms with E-state index in [1.165, 1.54) is 11.8 Å². The molecule has 1 aromatic carbocycles. The van der Waals surface area contributed by atoms with Crippen molar-refractivity contribution in [3.8, 4) is 17.1 Å². The minimum Gasteiger partial charge on any atom is -0.497 e. The predicted octanol–water partition coefficient (Wildman–Crippen LogP) is 3.04. The van der Waals surface area contributed by atoms with Crippen molar-refractivity contribution in [3.63, 3.8) is 0 Å². The topological polar surface area (TPSA) is 93.0 Å². The van der Waals surface area contributed by atoms with Gasteiger partial charge in [-0.25, -0.2) is 4.98 Å². The summed E-state index contributed by atoms with van der Waals surface area (Å²) >= 11 is 1.27. The van der Waals surface area contributed by atoms with E-state index < -0.39 is 0 Å². The maximum Gasteiger partial charge on any atom is 0.231 e. The number of carbonyl (C=O) groups excluding carboxylic acids is 1. The van der Waals surface area contributed by atoms with E-state index in [1.807, 2.05) is 37.3 Å². The normalized spacial score (nSPS) is 11.9. The molecule has 1 atom stereocenters. The number of thioether (sulfide) groups is 1. The molecule has 0 aliphatic heterocycles. The number of H-pyrrole nitrogens is 1. The fourth-order valence-electron chi connectivity index (χ4n) is 2.21. The van der Waals surface area contributed by atoms with Gasteiger partial charge in [0.1, 0.15) is 11.5 Å². The number of nitrogens with one attached hydrogen (secondary N) is 2. The SMILES string of the molecule is COc1ccc(-c2nc(SCC(=O)N[C@@H](C)c3ccco3)n[nH]2)cc1. The molecule has 0 aliphatic rings. The minimum atomic E-state index is -0.176. The van der Waals surface area contributed by atoms with Crippen LogP contribution in [0.5, 0.6) is 5.75 Å². The molecule has 25 heavy (non-hydrogen) atoms. The summed E-state index contributed by atoms with van der Waals surface area (Å²) in [5.74, 6) is 2.27. The van der Waals surface area contributed by atoms with Gasteiger partial charge in [-0.15, -0.1) is 5.10 Å². The predicted molar refractivity (Wildman–Crippen MR) is 94.4 cm³/mol. The zero-order chi connectivity index (χ0) is 17.6. The number of hydrogen-bond donors (Lipinski definition) is 2. The van der Waals surface area contributed by atoms with Crippen molar-refractivity contribution >= 4 is 17.7 Å². The molecule has 0 aliphatic carbocycles. The first-order chi connectivity index (χ1) is 12.2. The molecule has 2 aromatic heterocycles. The van der Waals surface area contributed by atoms with E-state index in [-0.39, 0.29) is 17.7 Å². The summed E-state index contributed by atoms with van der Waals surface area (Å²) in [4.78, 5) is 16.4. The summed E-state index contributed by atoms with van der Waals surface area (Å²) in [6.45, 7) is 1.87. The smallest absolute Gasteiger partial charge is 0.231 e. The van der Waals surface area contributed by atoms with E-state index in [9.17, 15) is 4.79 Å². The van der Waals surface area contributed by atoms with E-state index in [2.05, 4.69) is 20.5 Å². The Hall–Kier alpha value is -2.74. The molecule has 0 saturated heterocycles. The Kier molecular flexibility index (Phi) is 5.39. The number of furan rings is 1. The molecule has 1 amide bonds. The fourth-order valence-corrected chi connectivity index (χ4v) is 2.82. The Morgan fingerprint density at radius 3 is 2.84 bits per heavy atom. The van der Waals surface area contributed by atoms with Crippen LogP contribution in [0.25, 0.3) is 11.4 Å². The number of ether oxygens (including phenoxy) is 1. The van der Waals surface area contributed by atoms with Gasteiger partial charge in [0.05, 0.1) is 25.2 Å². The lowest BCUT2D eigenvalue weighted by molar-refractivity contribution is -0.119. The van der Waals surface area contributed by atoms with Crippen LogP contribution in [-0.2, 0) is 4.79 Å². The first-order valence-electron chi connectivity index (χ1n) is 7.68. The molecule has 0 bridgehead atoms. The van der Waals surface area contributed by atoms with Gasteiger partial charge in [-0.3, -0.25) is 9.89 Å². The van der Waals surface area contributed by atoms with Crippen LogP contribution >= 0.6 is 11.8 Å². The second kappa shape index (κ2) is 7.89. The highest BCUT2D eigenvalue weighted by atomic mass is 32.2. The monoisotopic (exact) mass is 358 g/mol. The summed E-state index contributed by atoms with van der Waals surface area (Å²) in [6.07, 6.45) is 1.58. The van der Waals surface area contributed by atoms with Gasteiger partial charge in [0.2, 0.25) is 11.1 Å². The first-order valence-corrected chi connectivity index (χ1v) is 8.66. The number of nitrogens with zero attached hydrogens (tertiary/aromatic N) is 2. The van der Waals surface area contributed by atoms with Gasteiger partial charge in [0.25, 0.3) is 0 Å². The zero-order valence-electron chi connectivity index (χ0n) is 13.9. The molecule has 0 radical (unpaired) electrons. The lowest BCUT2D eigenvalue weighted by Gasteiger charge is -2.10. The zero-order valence-corrected chi connectivity index (χ0v) is 14.7. The van der Waals surface area contributed by atoms with Gasteiger partial charge >= 0.3 is 0 Å². The van der Waals surface area contributed by atoms with Crippen molar-refractivity contribution < 1.29 is 13.9 Å². The minimum absolute atomic E-state index is 0.107. The summed E-state index contributed by atoms with van der Waals surface area (Å²) < 4.78 is 10.4. The molecule has 0 spiro atoms. The van der Waals surface area contributed by atoms with Crippen molar-refractivity contribution in [1.29, 1.82) is 0 Å². The van der Waals surface area contributed by atoms with E-state index in [4.69, 9.17) is 9.15 Å². The molecule has 2 heterocycles. The quantitative estimate of drug-likeness (QED) is 0.631. The third kappa shape index (κ3) is 4.42. The van der Waals surface area contributed by atoms with E-state index in [0.717, 1.165) is 17.1 Å². The Morgan fingerprint density at radius 2 is 2.16 bits per heavy atom. The van der Waals surface area contributed by atoms with Crippen molar-refractivity contribution in [2.75, 3.05) is 12.9 Å². The first kappa shape index (κ1) is 17.1. The van der Waals surface area contributed by atoms with Gasteiger partial charge in [0, 0.05) is 5.56 Å². The van der Waals surface area contributed by atoms with E-state index in [1.54, 1.807) is 19.4 Å². The van der Waals surface area contributed by atoms with E-state index in [0.29, 0.717) is 11.0 Å². The van der Waals surface area contributed by atoms with E-state index >= 15 is 0 Å². The van der Waals surface area contributed by atoms with Gasteiger partial charge in [-0.1, -0.05) is 11.8 Å². The third-order valence-electron chi connectivity index (χ3n) is 3.51. The Morgan fingerprint density at radius 1 is 1.36 bits per heavy atom. The average molecular weight is 358 g/mol. The molecule has 8 heteroatoms. The molecule has 130 valence electrons. The highest BCUT2D eigenvalue weighted by Crippen LogP contribution is 2.21. The number of amides is 1. The summed E-state index contributed by atoms with van der Waals surface area (Å²) in [7, 11) is 1.62. The fraction of sp³-hybridized carbons (Fsp3) is 0.235. The van der Waals surface area contributed by atoms with Crippen LogP contribution in [0.4, 0.5) is 0 Å². The van der Waals surface area contributed by atoms with Crippen molar-refractivity contribution in [2.45, 2.75) is 18.1 Å². The molecule has 0 saturated carbocycles. The lowest BCUT2D eigenvalue weighted by Crippen LogP contribution is -2.27. The van der Waals surface area contributed by atoms with Crippen LogP contribution in [-0.4, -0.2) is 34.0 Å². The van der Waals surface area contributed by atoms with Crippen molar-refractivity contribution in [2.24, 2.45) is 0 Å². The Balaban J connectivity index is 1.53. The Bertz CT molecular complexity index is 815. The second-order valence-corrected chi connectivity index (χ2v) is 6.23. The molecule has 3 aromatic rings. The molecular weight excluding hydrogens is 340 g/mol. The average Bonchev–Trinajstić information content (AvgIpc) is 3.32. The standard InChI is InChI=1S/C17H18N4O3S/c1-11(14-4-3-9-24-14)18-15(22)10-25-17-19-16(20-21-17)12-5-7-13(23-2)8-6-12/h3-9,11H,10H2,1-2H3,(H,18,22)(H,19,20,21)/t11-/m0/s1. The highest BCUT2D eigenvalue weighted by Gasteiger charge is 2.13. The largest absolute Gasteiger partial charge is 0.497 e. The number of carbonyl (C=O) groups is 1. The molecule has 0 unspecified atom stereocenters. The Labute approximate surface area is 149 Å². The van der Waals surface area contributed by atoms with Crippen LogP contribution in [0, 0.1) is 0 Å². The maximum atomic E-state index is 12.0. The van der Waals surface area contributed by atoms with Gasteiger partial charge in [0.15, 0.2) is 5.82 Å². The molecule has 0 fully saturated rings. The van der Waals surface area contributed by atoms with Gasteiger partial charge < -0.3 is 14.5 Å². The van der Waals surface area contributed by atoms with Gasteiger partial charge in [-0.2, -0.15) is 0 Å². The highest BCUT2D eigenvalue weighted by molar-refractivity contribution is 7.99. The number of aromatic nitrogens is 3. The number of hydrogen-bond acceptors (Lipinski definition) is 6. The van der Waals surface area contributed by atoms with Crippen molar-refractivity contribution in [3.05, 3.63) is 48.4 Å². The van der Waals surface area contributed by atoms with Crippen LogP contribution in [0.3, 0.4) is 0 Å². The molecule has 2 N–H and O–H groups in total. The van der Waals surface area contributed by atoms with Gasteiger partial charge in [-0.05, 0) is 43.3 Å². The molecule has 3 rings (SSSR count). The molecule has 7 nitrogen and oxygen atoms in total. The maximum absolute atomic E-state index is 12.0. The lowest BCUT2D eigenvalue weighted by atomic mass is 10.2. The van der Waals surface area contributed by atoms with Crippen molar-refractivity contribution in [1.82, 2.24) is 20.5 Å². The number of benzene rings is 1. The summed E-state index contributed by atoms with van der Waals surface area (Å²) in [5.41, 5.74) is 0.899. The molecular formula is C17H18N4O3S. The third-order valence-corrected chi connectivity index (χ3v) is 4.36. The number of aromatic amines is 1. The summed E-state index contributed by atoms with van der Waals surface area (Å²) in [6, 6.07) is 10.9. The van der Waals surface area contributed by atoms with Crippen LogP contribution in [0.2, 0.25) is 0 Å². The van der Waals surface area contributed by atoms with Crippen LogP contribution < -0.4 is 10.1 Å². The number of methoxy groups -OCH3 is 1. The van der Waals surface area contributed by atoms with Crippen LogP contribution in [0.1, 0.15) is 18.7 Å².